The van der Waals surface area contributed by atoms with Crippen LogP contribution >= 0.6 is 11.6 Å². The van der Waals surface area contributed by atoms with E-state index in [1.54, 1.807) is 6.07 Å². The Morgan fingerprint density at radius 2 is 1.90 bits per heavy atom. The number of halogens is 1. The van der Waals surface area contributed by atoms with Crippen molar-refractivity contribution in [3.05, 3.63) is 70.1 Å². The van der Waals surface area contributed by atoms with E-state index in [1.807, 2.05) is 43.3 Å². The molecule has 0 saturated carbocycles. The molecule has 0 atom stereocenters. The van der Waals surface area contributed by atoms with E-state index < -0.39 is 5.63 Å². The molecule has 3 rings (SSSR count). The molecule has 0 aliphatic rings. The topological polar surface area (TPSA) is 39.4 Å². The zero-order chi connectivity index (χ0) is 14.8. The van der Waals surface area contributed by atoms with Crippen molar-refractivity contribution in [2.24, 2.45) is 0 Å². The Kier molecular flexibility index (Phi) is 3.67. The average Bonchev–Trinajstić information content (AvgIpc) is 2.47. The average molecular weight is 301 g/mol. The molecule has 0 amide bonds. The van der Waals surface area contributed by atoms with E-state index in [-0.39, 0.29) is 0 Å². The molecule has 2 aromatic carbocycles. The number of para-hydroxylation sites is 1. The SMILES string of the molecule is Cc1cccc2oc(=O)cc(Oc3ccccc3CCl)c12. The number of hydrogen-bond acceptors (Lipinski definition) is 3. The number of fused-ring (bicyclic) bond motifs is 1. The minimum atomic E-state index is -0.438. The van der Waals surface area contributed by atoms with Crippen LogP contribution in [0.5, 0.6) is 11.5 Å². The van der Waals surface area contributed by atoms with Crippen molar-refractivity contribution < 1.29 is 9.15 Å². The predicted molar refractivity (Wildman–Crippen MR) is 83.3 cm³/mol. The summed E-state index contributed by atoms with van der Waals surface area (Å²) < 4.78 is 11.1. The monoisotopic (exact) mass is 300 g/mol. The Morgan fingerprint density at radius 1 is 1.10 bits per heavy atom. The van der Waals surface area contributed by atoms with Gasteiger partial charge in [-0.2, -0.15) is 0 Å². The smallest absolute Gasteiger partial charge is 0.339 e. The third kappa shape index (κ3) is 2.65. The summed E-state index contributed by atoms with van der Waals surface area (Å²) in [6.45, 7) is 1.95. The van der Waals surface area contributed by atoms with Crippen LogP contribution < -0.4 is 10.4 Å². The third-order valence-electron chi connectivity index (χ3n) is 3.28. The number of rotatable bonds is 3. The second kappa shape index (κ2) is 5.62. The highest BCUT2D eigenvalue weighted by atomic mass is 35.5. The Balaban J connectivity index is 2.18. The summed E-state index contributed by atoms with van der Waals surface area (Å²) in [6.07, 6.45) is 0. The zero-order valence-electron chi connectivity index (χ0n) is 11.4. The van der Waals surface area contributed by atoms with Crippen molar-refractivity contribution >= 4 is 22.6 Å². The molecule has 0 spiro atoms. The second-order valence-electron chi connectivity index (χ2n) is 4.72. The van der Waals surface area contributed by atoms with Crippen LogP contribution in [0.3, 0.4) is 0 Å². The molecule has 3 nitrogen and oxygen atoms in total. The van der Waals surface area contributed by atoms with Gasteiger partial charge in [-0.25, -0.2) is 4.79 Å². The maximum Gasteiger partial charge on any atom is 0.339 e. The van der Waals surface area contributed by atoms with Crippen molar-refractivity contribution in [3.8, 4) is 11.5 Å². The first-order valence-corrected chi connectivity index (χ1v) is 7.07. The van der Waals surface area contributed by atoms with E-state index in [0.717, 1.165) is 16.5 Å². The van der Waals surface area contributed by atoms with Crippen molar-refractivity contribution in [2.45, 2.75) is 12.8 Å². The number of hydrogen-bond donors (Lipinski definition) is 0. The minimum absolute atomic E-state index is 0.342. The molecule has 1 heterocycles. The number of benzene rings is 2. The fourth-order valence-corrected chi connectivity index (χ4v) is 2.49. The first kappa shape index (κ1) is 13.7. The minimum Gasteiger partial charge on any atom is -0.456 e. The van der Waals surface area contributed by atoms with E-state index in [0.29, 0.717) is 23.0 Å². The molecule has 106 valence electrons. The van der Waals surface area contributed by atoms with Gasteiger partial charge in [0.1, 0.15) is 17.1 Å². The van der Waals surface area contributed by atoms with Gasteiger partial charge in [0.15, 0.2) is 0 Å². The molecular formula is C17H13ClO3. The fourth-order valence-electron chi connectivity index (χ4n) is 2.27. The Labute approximate surface area is 126 Å². The van der Waals surface area contributed by atoms with Crippen molar-refractivity contribution in [3.63, 3.8) is 0 Å². The molecule has 0 aliphatic heterocycles. The van der Waals surface area contributed by atoms with Crippen LogP contribution in [0, 0.1) is 6.92 Å². The fraction of sp³-hybridized carbons (Fsp3) is 0.118. The van der Waals surface area contributed by atoms with Gasteiger partial charge < -0.3 is 9.15 Å². The van der Waals surface area contributed by atoms with Gasteiger partial charge in [-0.05, 0) is 24.6 Å². The lowest BCUT2D eigenvalue weighted by Crippen LogP contribution is -2.00. The summed E-state index contributed by atoms with van der Waals surface area (Å²) in [7, 11) is 0. The van der Waals surface area contributed by atoms with Crippen molar-refractivity contribution in [1.82, 2.24) is 0 Å². The second-order valence-corrected chi connectivity index (χ2v) is 4.99. The van der Waals surface area contributed by atoms with Crippen LogP contribution in [0.1, 0.15) is 11.1 Å². The van der Waals surface area contributed by atoms with E-state index in [9.17, 15) is 4.79 Å². The molecule has 0 radical (unpaired) electrons. The zero-order valence-corrected chi connectivity index (χ0v) is 12.2. The number of ether oxygens (including phenoxy) is 1. The predicted octanol–water partition coefficient (Wildman–Crippen LogP) is 4.63. The molecule has 0 aliphatic carbocycles. The summed E-state index contributed by atoms with van der Waals surface area (Å²) >= 11 is 5.92. The maximum atomic E-state index is 11.7. The van der Waals surface area contributed by atoms with Crippen molar-refractivity contribution in [2.75, 3.05) is 0 Å². The van der Waals surface area contributed by atoms with Gasteiger partial charge in [0.2, 0.25) is 0 Å². The normalized spacial score (nSPS) is 10.8. The first-order chi connectivity index (χ1) is 10.2. The van der Waals surface area contributed by atoms with Gasteiger partial charge in [-0.1, -0.05) is 30.3 Å². The third-order valence-corrected chi connectivity index (χ3v) is 3.56. The lowest BCUT2D eigenvalue weighted by molar-refractivity contribution is 0.471. The van der Waals surface area contributed by atoms with E-state index in [2.05, 4.69) is 0 Å². The van der Waals surface area contributed by atoms with Crippen LogP contribution in [0.2, 0.25) is 0 Å². The number of alkyl halides is 1. The lowest BCUT2D eigenvalue weighted by Gasteiger charge is -2.12. The van der Waals surface area contributed by atoms with Gasteiger partial charge in [-0.15, -0.1) is 11.6 Å². The lowest BCUT2D eigenvalue weighted by atomic mass is 10.1. The van der Waals surface area contributed by atoms with Crippen LogP contribution in [0.15, 0.2) is 57.7 Å². The molecule has 1 aromatic heterocycles. The van der Waals surface area contributed by atoms with E-state index >= 15 is 0 Å². The van der Waals surface area contributed by atoms with Gasteiger partial charge in [0.05, 0.1) is 17.3 Å². The Hall–Kier alpha value is -2.26. The largest absolute Gasteiger partial charge is 0.456 e. The molecule has 21 heavy (non-hydrogen) atoms. The molecule has 0 unspecified atom stereocenters. The van der Waals surface area contributed by atoms with Crippen molar-refractivity contribution in [1.29, 1.82) is 0 Å². The summed E-state index contributed by atoms with van der Waals surface area (Å²) in [4.78, 5) is 11.7. The highest BCUT2D eigenvalue weighted by Crippen LogP contribution is 2.32. The van der Waals surface area contributed by atoms with Gasteiger partial charge >= 0.3 is 5.63 Å². The molecule has 0 fully saturated rings. The molecule has 3 aromatic rings. The van der Waals surface area contributed by atoms with E-state index in [1.165, 1.54) is 6.07 Å². The molecular weight excluding hydrogens is 288 g/mol. The molecule has 0 N–H and O–H groups in total. The van der Waals surface area contributed by atoms with Crippen LogP contribution in [0.25, 0.3) is 11.0 Å². The highest BCUT2D eigenvalue weighted by molar-refractivity contribution is 6.17. The highest BCUT2D eigenvalue weighted by Gasteiger charge is 2.11. The first-order valence-electron chi connectivity index (χ1n) is 6.54. The number of aryl methyl sites for hydroxylation is 1. The summed E-state index contributed by atoms with van der Waals surface area (Å²) in [5.74, 6) is 1.47. The maximum absolute atomic E-state index is 11.7. The Morgan fingerprint density at radius 3 is 2.71 bits per heavy atom. The molecule has 0 saturated heterocycles. The standard InChI is InChI=1S/C17H13ClO3/c1-11-5-4-8-14-17(11)15(9-16(19)21-14)20-13-7-3-2-6-12(13)10-18/h2-9H,10H2,1H3. The van der Waals surface area contributed by atoms with Crippen LogP contribution in [-0.4, -0.2) is 0 Å². The van der Waals surface area contributed by atoms with Crippen LogP contribution in [0.4, 0.5) is 0 Å². The van der Waals surface area contributed by atoms with Gasteiger partial charge in [0.25, 0.3) is 0 Å². The van der Waals surface area contributed by atoms with E-state index in [4.69, 9.17) is 20.8 Å². The van der Waals surface area contributed by atoms with Crippen LogP contribution in [-0.2, 0) is 5.88 Å². The summed E-state index contributed by atoms with van der Waals surface area (Å²) in [5.41, 5.74) is 1.93. The summed E-state index contributed by atoms with van der Waals surface area (Å²) in [5, 5.41) is 0.793. The quantitative estimate of drug-likeness (QED) is 0.523. The van der Waals surface area contributed by atoms with Gasteiger partial charge in [0, 0.05) is 5.56 Å². The van der Waals surface area contributed by atoms with Gasteiger partial charge in [-0.3, -0.25) is 0 Å². The Bertz CT molecular complexity index is 852. The molecule has 0 bridgehead atoms. The molecule has 4 heteroatoms. The summed E-state index contributed by atoms with van der Waals surface area (Å²) in [6, 6.07) is 14.4.